The van der Waals surface area contributed by atoms with E-state index in [0.29, 0.717) is 13.1 Å². The summed E-state index contributed by atoms with van der Waals surface area (Å²) in [4.78, 5) is 25.1. The minimum absolute atomic E-state index is 0.0234. The van der Waals surface area contributed by atoms with Crippen LogP contribution in [0.3, 0.4) is 0 Å². The lowest BCUT2D eigenvalue weighted by atomic mass is 9.97. The molecule has 0 bridgehead atoms. The fourth-order valence-corrected chi connectivity index (χ4v) is 4.11. The van der Waals surface area contributed by atoms with E-state index in [0.717, 1.165) is 52.1 Å². The zero-order valence-electron chi connectivity index (χ0n) is 16.8. The van der Waals surface area contributed by atoms with Crippen molar-refractivity contribution in [3.63, 3.8) is 0 Å². The highest BCUT2D eigenvalue weighted by atomic mass is 79.9. The summed E-state index contributed by atoms with van der Waals surface area (Å²) < 4.78 is 1.02. The number of nitrogens with one attached hydrogen (secondary N) is 2. The molecular formula is C22H26BrN5O. The van der Waals surface area contributed by atoms with Crippen LogP contribution in [0.1, 0.15) is 18.4 Å². The molecule has 0 aliphatic carbocycles. The highest BCUT2D eigenvalue weighted by molar-refractivity contribution is 9.10. The normalized spacial score (nSPS) is 16.8. The zero-order chi connectivity index (χ0) is 20.4. The van der Waals surface area contributed by atoms with Crippen molar-refractivity contribution in [2.75, 3.05) is 37.0 Å². The van der Waals surface area contributed by atoms with Crippen molar-refractivity contribution in [2.24, 2.45) is 5.92 Å². The number of halogens is 1. The van der Waals surface area contributed by atoms with Crippen LogP contribution in [0.4, 0.5) is 11.6 Å². The molecule has 1 atom stereocenters. The maximum atomic E-state index is 12.8. The van der Waals surface area contributed by atoms with Crippen molar-refractivity contribution in [3.8, 4) is 0 Å². The zero-order valence-corrected chi connectivity index (χ0v) is 18.4. The number of benzene rings is 2. The molecule has 1 aliphatic heterocycles. The fraction of sp³-hybridized carbons (Fsp3) is 0.364. The summed E-state index contributed by atoms with van der Waals surface area (Å²) in [5, 5.41) is 3.11. The van der Waals surface area contributed by atoms with E-state index in [1.165, 1.54) is 0 Å². The van der Waals surface area contributed by atoms with E-state index in [-0.39, 0.29) is 11.8 Å². The van der Waals surface area contributed by atoms with Crippen molar-refractivity contribution < 1.29 is 4.79 Å². The Morgan fingerprint density at radius 1 is 1.28 bits per heavy atom. The molecule has 0 saturated carbocycles. The number of aromatic amines is 1. The molecule has 1 saturated heterocycles. The Morgan fingerprint density at radius 2 is 2.07 bits per heavy atom. The van der Waals surface area contributed by atoms with Gasteiger partial charge in [0, 0.05) is 43.9 Å². The molecule has 7 heteroatoms. The summed E-state index contributed by atoms with van der Waals surface area (Å²) in [6.45, 7) is 2.16. The Hall–Kier alpha value is -2.54. The highest BCUT2D eigenvalue weighted by Gasteiger charge is 2.27. The molecule has 0 spiro atoms. The van der Waals surface area contributed by atoms with Crippen molar-refractivity contribution >= 4 is 44.5 Å². The van der Waals surface area contributed by atoms with Gasteiger partial charge in [0.15, 0.2) is 0 Å². The molecule has 4 rings (SSSR count). The first kappa shape index (κ1) is 19.8. The Labute approximate surface area is 179 Å². The second-order valence-electron chi connectivity index (χ2n) is 7.79. The monoisotopic (exact) mass is 455 g/mol. The van der Waals surface area contributed by atoms with E-state index in [2.05, 4.69) is 60.3 Å². The van der Waals surface area contributed by atoms with Gasteiger partial charge < -0.3 is 20.1 Å². The minimum Gasteiger partial charge on any atom is -0.378 e. The van der Waals surface area contributed by atoms with E-state index in [1.807, 2.05) is 32.3 Å². The molecule has 0 radical (unpaired) electrons. The van der Waals surface area contributed by atoms with Gasteiger partial charge in [0.2, 0.25) is 11.9 Å². The first-order valence-electron chi connectivity index (χ1n) is 9.94. The predicted octanol–water partition coefficient (Wildman–Crippen LogP) is 3.92. The van der Waals surface area contributed by atoms with Gasteiger partial charge in [-0.25, -0.2) is 4.98 Å². The lowest BCUT2D eigenvalue weighted by molar-refractivity contribution is -0.125. The molecule has 2 aromatic carbocycles. The molecule has 3 aromatic rings. The first-order chi connectivity index (χ1) is 14.0. The number of rotatable bonds is 5. The number of amides is 1. The van der Waals surface area contributed by atoms with Crippen molar-refractivity contribution in [3.05, 3.63) is 52.5 Å². The standard InChI is InChI=1S/C22H26BrN5O/c1-27(2)18-8-5-15(6-9-18)13-24-21(29)16-4-3-11-28(14-16)22-25-19-10-7-17(23)12-20(19)26-22/h5-10,12,16H,3-4,11,13-14H2,1-2H3,(H,24,29)(H,25,26)/t16-/m0/s1. The van der Waals surface area contributed by atoms with Gasteiger partial charge in [-0.15, -0.1) is 0 Å². The average Bonchev–Trinajstić information content (AvgIpc) is 3.15. The predicted molar refractivity (Wildman–Crippen MR) is 121 cm³/mol. The summed E-state index contributed by atoms with van der Waals surface area (Å²) in [6.07, 6.45) is 1.89. The summed E-state index contributed by atoms with van der Waals surface area (Å²) in [5.74, 6) is 0.935. The second-order valence-corrected chi connectivity index (χ2v) is 8.70. The van der Waals surface area contributed by atoms with Gasteiger partial charge in [-0.2, -0.15) is 0 Å². The third kappa shape index (κ3) is 4.56. The van der Waals surface area contributed by atoms with E-state index in [4.69, 9.17) is 4.98 Å². The van der Waals surface area contributed by atoms with Crippen LogP contribution in [0.25, 0.3) is 11.0 Å². The number of imidazole rings is 1. The van der Waals surface area contributed by atoms with Crippen LogP contribution >= 0.6 is 15.9 Å². The van der Waals surface area contributed by atoms with Crippen LogP contribution in [0.5, 0.6) is 0 Å². The summed E-state index contributed by atoms with van der Waals surface area (Å²) in [7, 11) is 4.04. The molecule has 0 unspecified atom stereocenters. The quantitative estimate of drug-likeness (QED) is 0.611. The maximum Gasteiger partial charge on any atom is 0.225 e. The molecule has 2 heterocycles. The third-order valence-electron chi connectivity index (χ3n) is 5.44. The van der Waals surface area contributed by atoms with Gasteiger partial charge in [0.05, 0.1) is 17.0 Å². The Morgan fingerprint density at radius 3 is 2.83 bits per heavy atom. The molecule has 29 heavy (non-hydrogen) atoms. The number of carbonyl (C=O) groups is 1. The number of piperidine rings is 1. The van der Waals surface area contributed by atoms with Crippen molar-refractivity contribution in [2.45, 2.75) is 19.4 Å². The van der Waals surface area contributed by atoms with Crippen LogP contribution in [-0.2, 0) is 11.3 Å². The van der Waals surface area contributed by atoms with Gasteiger partial charge in [-0.1, -0.05) is 28.1 Å². The van der Waals surface area contributed by atoms with E-state index in [1.54, 1.807) is 0 Å². The van der Waals surface area contributed by atoms with Crippen molar-refractivity contribution in [1.82, 2.24) is 15.3 Å². The van der Waals surface area contributed by atoms with Crippen LogP contribution in [0, 0.1) is 5.92 Å². The largest absolute Gasteiger partial charge is 0.378 e. The number of fused-ring (bicyclic) bond motifs is 1. The highest BCUT2D eigenvalue weighted by Crippen LogP contribution is 2.25. The smallest absolute Gasteiger partial charge is 0.225 e. The summed E-state index contributed by atoms with van der Waals surface area (Å²) in [6, 6.07) is 14.3. The van der Waals surface area contributed by atoms with Crippen LogP contribution in [0.15, 0.2) is 46.9 Å². The number of carbonyl (C=O) groups excluding carboxylic acids is 1. The second kappa shape index (κ2) is 8.45. The topological polar surface area (TPSA) is 64.3 Å². The number of H-pyrrole nitrogens is 1. The van der Waals surface area contributed by atoms with Gasteiger partial charge in [-0.05, 0) is 48.7 Å². The van der Waals surface area contributed by atoms with Gasteiger partial charge in [0.25, 0.3) is 0 Å². The van der Waals surface area contributed by atoms with Crippen LogP contribution in [0.2, 0.25) is 0 Å². The van der Waals surface area contributed by atoms with E-state index in [9.17, 15) is 4.79 Å². The summed E-state index contributed by atoms with van der Waals surface area (Å²) in [5.41, 5.74) is 4.21. The molecule has 1 aromatic heterocycles. The molecule has 2 N–H and O–H groups in total. The first-order valence-corrected chi connectivity index (χ1v) is 10.7. The maximum absolute atomic E-state index is 12.8. The number of nitrogens with zero attached hydrogens (tertiary/aromatic N) is 3. The lowest BCUT2D eigenvalue weighted by Gasteiger charge is -2.31. The number of hydrogen-bond donors (Lipinski definition) is 2. The van der Waals surface area contributed by atoms with Gasteiger partial charge in [0.1, 0.15) is 0 Å². The van der Waals surface area contributed by atoms with Crippen molar-refractivity contribution in [1.29, 1.82) is 0 Å². The Bertz CT molecular complexity index is 998. The lowest BCUT2D eigenvalue weighted by Crippen LogP contribution is -2.43. The Balaban J connectivity index is 1.37. The molecular weight excluding hydrogens is 430 g/mol. The fourth-order valence-electron chi connectivity index (χ4n) is 3.75. The molecule has 152 valence electrons. The number of aromatic nitrogens is 2. The van der Waals surface area contributed by atoms with Gasteiger partial charge in [-0.3, -0.25) is 4.79 Å². The molecule has 1 fully saturated rings. The number of anilines is 2. The van der Waals surface area contributed by atoms with E-state index >= 15 is 0 Å². The van der Waals surface area contributed by atoms with Gasteiger partial charge >= 0.3 is 0 Å². The number of hydrogen-bond acceptors (Lipinski definition) is 4. The molecule has 1 amide bonds. The van der Waals surface area contributed by atoms with E-state index < -0.39 is 0 Å². The summed E-state index contributed by atoms with van der Waals surface area (Å²) >= 11 is 3.50. The van der Waals surface area contributed by atoms with Crippen LogP contribution in [-0.4, -0.2) is 43.1 Å². The third-order valence-corrected chi connectivity index (χ3v) is 5.94. The van der Waals surface area contributed by atoms with Crippen LogP contribution < -0.4 is 15.1 Å². The minimum atomic E-state index is -0.0234. The SMILES string of the molecule is CN(C)c1ccc(CNC(=O)[C@H]2CCCN(c3nc4ccc(Br)cc4[nH]3)C2)cc1. The molecule has 6 nitrogen and oxygen atoms in total. The average molecular weight is 456 g/mol. The Kier molecular flexibility index (Phi) is 5.76. The molecule has 1 aliphatic rings.